The van der Waals surface area contributed by atoms with Crippen LogP contribution in [0.5, 0.6) is 0 Å². The fourth-order valence-corrected chi connectivity index (χ4v) is 3.17. The van der Waals surface area contributed by atoms with Gasteiger partial charge in [-0.05, 0) is 37.6 Å². The Hall–Kier alpha value is -1.20. The summed E-state index contributed by atoms with van der Waals surface area (Å²) < 4.78 is 0. The standard InChI is InChI=1S/C14H21N3OS/c1-10-9-12(3-4-13(10)15)19-11(2)14(18)17-7-5-16-6-8-17/h3-4,9,11,16H,5-8,15H2,1-2H3. The zero-order chi connectivity index (χ0) is 13.8. The van der Waals surface area contributed by atoms with Crippen LogP contribution in [0.2, 0.25) is 0 Å². The molecule has 1 saturated heterocycles. The molecule has 0 spiro atoms. The largest absolute Gasteiger partial charge is 0.399 e. The Bertz CT molecular complexity index is 458. The highest BCUT2D eigenvalue weighted by molar-refractivity contribution is 8.00. The van der Waals surface area contributed by atoms with E-state index in [2.05, 4.69) is 5.32 Å². The van der Waals surface area contributed by atoms with Crippen molar-refractivity contribution in [1.29, 1.82) is 0 Å². The third-order valence-electron chi connectivity index (χ3n) is 3.33. The van der Waals surface area contributed by atoms with Gasteiger partial charge in [0, 0.05) is 36.8 Å². The summed E-state index contributed by atoms with van der Waals surface area (Å²) in [6, 6.07) is 5.93. The van der Waals surface area contributed by atoms with Crippen LogP contribution in [0.15, 0.2) is 23.1 Å². The maximum Gasteiger partial charge on any atom is 0.235 e. The van der Waals surface area contributed by atoms with E-state index in [0.717, 1.165) is 42.3 Å². The maximum absolute atomic E-state index is 12.3. The summed E-state index contributed by atoms with van der Waals surface area (Å²) in [6.07, 6.45) is 0. The lowest BCUT2D eigenvalue weighted by molar-refractivity contribution is -0.130. The van der Waals surface area contributed by atoms with Gasteiger partial charge in [-0.15, -0.1) is 11.8 Å². The molecule has 1 fully saturated rings. The number of piperazine rings is 1. The molecule has 1 aliphatic heterocycles. The average molecular weight is 279 g/mol. The molecular weight excluding hydrogens is 258 g/mol. The Kier molecular flexibility index (Phi) is 4.71. The number of anilines is 1. The van der Waals surface area contributed by atoms with E-state index in [4.69, 9.17) is 5.73 Å². The molecule has 0 radical (unpaired) electrons. The summed E-state index contributed by atoms with van der Waals surface area (Å²) in [6.45, 7) is 7.37. The van der Waals surface area contributed by atoms with Gasteiger partial charge in [0.05, 0.1) is 5.25 Å². The minimum absolute atomic E-state index is 0.0545. The van der Waals surface area contributed by atoms with E-state index < -0.39 is 0 Å². The first kappa shape index (κ1) is 14.2. The van der Waals surface area contributed by atoms with E-state index >= 15 is 0 Å². The predicted octanol–water partition coefficient (Wildman–Crippen LogP) is 1.49. The molecular formula is C14H21N3OS. The minimum atomic E-state index is -0.0545. The second kappa shape index (κ2) is 6.30. The van der Waals surface area contributed by atoms with Crippen molar-refractivity contribution < 1.29 is 4.79 Å². The summed E-state index contributed by atoms with van der Waals surface area (Å²) >= 11 is 1.60. The molecule has 2 rings (SSSR count). The third kappa shape index (κ3) is 3.64. The number of aryl methyl sites for hydroxylation is 1. The molecule has 5 heteroatoms. The highest BCUT2D eigenvalue weighted by Crippen LogP contribution is 2.27. The van der Waals surface area contributed by atoms with Crippen LogP contribution in [0.25, 0.3) is 0 Å². The molecule has 4 nitrogen and oxygen atoms in total. The van der Waals surface area contributed by atoms with E-state index in [-0.39, 0.29) is 11.2 Å². The number of benzene rings is 1. The first-order valence-electron chi connectivity index (χ1n) is 6.60. The molecule has 1 atom stereocenters. The van der Waals surface area contributed by atoms with Gasteiger partial charge in [-0.2, -0.15) is 0 Å². The zero-order valence-electron chi connectivity index (χ0n) is 11.5. The zero-order valence-corrected chi connectivity index (χ0v) is 12.3. The smallest absolute Gasteiger partial charge is 0.235 e. The Morgan fingerprint density at radius 3 is 2.74 bits per heavy atom. The molecule has 104 valence electrons. The highest BCUT2D eigenvalue weighted by atomic mass is 32.2. The normalized spacial score (nSPS) is 17.3. The molecule has 0 bridgehead atoms. The second-order valence-electron chi connectivity index (χ2n) is 4.85. The lowest BCUT2D eigenvalue weighted by atomic mass is 10.2. The van der Waals surface area contributed by atoms with Gasteiger partial charge >= 0.3 is 0 Å². The fraction of sp³-hybridized carbons (Fsp3) is 0.500. The molecule has 1 unspecified atom stereocenters. The van der Waals surface area contributed by atoms with Crippen LogP contribution < -0.4 is 11.1 Å². The van der Waals surface area contributed by atoms with Crippen molar-refractivity contribution in [3.8, 4) is 0 Å². The van der Waals surface area contributed by atoms with Crippen molar-refractivity contribution in [2.75, 3.05) is 31.9 Å². The highest BCUT2D eigenvalue weighted by Gasteiger charge is 2.22. The van der Waals surface area contributed by atoms with Crippen molar-refractivity contribution >= 4 is 23.4 Å². The number of nitrogens with zero attached hydrogens (tertiary/aromatic N) is 1. The lowest BCUT2D eigenvalue weighted by Crippen LogP contribution is -2.48. The van der Waals surface area contributed by atoms with E-state index in [1.807, 2.05) is 36.9 Å². The SMILES string of the molecule is Cc1cc(SC(C)C(=O)N2CCNCC2)ccc1N. The number of carbonyl (C=O) groups is 1. The Morgan fingerprint density at radius 2 is 2.11 bits per heavy atom. The van der Waals surface area contributed by atoms with Gasteiger partial charge in [-0.1, -0.05) is 0 Å². The molecule has 19 heavy (non-hydrogen) atoms. The number of nitrogens with two attached hydrogens (primary N) is 1. The van der Waals surface area contributed by atoms with Crippen molar-refractivity contribution in [2.24, 2.45) is 0 Å². The number of nitrogen functional groups attached to an aromatic ring is 1. The monoisotopic (exact) mass is 279 g/mol. The molecule has 0 aliphatic carbocycles. The van der Waals surface area contributed by atoms with Crippen molar-refractivity contribution in [2.45, 2.75) is 24.0 Å². The molecule has 1 heterocycles. The average Bonchev–Trinajstić information content (AvgIpc) is 2.43. The number of amides is 1. The van der Waals surface area contributed by atoms with Crippen molar-refractivity contribution in [3.63, 3.8) is 0 Å². The number of rotatable bonds is 3. The first-order chi connectivity index (χ1) is 9.08. The van der Waals surface area contributed by atoms with Gasteiger partial charge in [0.25, 0.3) is 0 Å². The molecule has 1 amide bonds. The van der Waals surface area contributed by atoms with Crippen LogP contribution in [0.1, 0.15) is 12.5 Å². The van der Waals surface area contributed by atoms with Gasteiger partial charge in [-0.3, -0.25) is 4.79 Å². The summed E-state index contributed by atoms with van der Waals surface area (Å²) in [5.41, 5.74) is 7.66. The molecule has 3 N–H and O–H groups in total. The van der Waals surface area contributed by atoms with Crippen LogP contribution in [0.4, 0.5) is 5.69 Å². The molecule has 1 aromatic carbocycles. The Balaban J connectivity index is 1.97. The molecule has 0 aromatic heterocycles. The van der Waals surface area contributed by atoms with E-state index in [0.29, 0.717) is 0 Å². The Morgan fingerprint density at radius 1 is 1.42 bits per heavy atom. The van der Waals surface area contributed by atoms with E-state index in [9.17, 15) is 4.79 Å². The number of thioether (sulfide) groups is 1. The van der Waals surface area contributed by atoms with Crippen molar-refractivity contribution in [3.05, 3.63) is 23.8 Å². The quantitative estimate of drug-likeness (QED) is 0.650. The third-order valence-corrected chi connectivity index (χ3v) is 4.41. The second-order valence-corrected chi connectivity index (χ2v) is 6.27. The number of hydrogen-bond donors (Lipinski definition) is 2. The van der Waals surface area contributed by atoms with E-state index in [1.54, 1.807) is 11.8 Å². The van der Waals surface area contributed by atoms with Gasteiger partial charge < -0.3 is 16.0 Å². The van der Waals surface area contributed by atoms with Gasteiger partial charge in [0.1, 0.15) is 0 Å². The molecule has 1 aliphatic rings. The van der Waals surface area contributed by atoms with Crippen LogP contribution in [-0.2, 0) is 4.79 Å². The van der Waals surface area contributed by atoms with Crippen LogP contribution in [0.3, 0.4) is 0 Å². The van der Waals surface area contributed by atoms with Gasteiger partial charge in [0.2, 0.25) is 5.91 Å². The fourth-order valence-electron chi connectivity index (χ4n) is 2.12. The number of carbonyl (C=O) groups excluding carboxylic acids is 1. The molecule has 0 saturated carbocycles. The van der Waals surface area contributed by atoms with Gasteiger partial charge in [0.15, 0.2) is 0 Å². The first-order valence-corrected chi connectivity index (χ1v) is 7.48. The maximum atomic E-state index is 12.3. The number of nitrogens with one attached hydrogen (secondary N) is 1. The summed E-state index contributed by atoms with van der Waals surface area (Å²) in [7, 11) is 0. The van der Waals surface area contributed by atoms with Gasteiger partial charge in [-0.25, -0.2) is 0 Å². The summed E-state index contributed by atoms with van der Waals surface area (Å²) in [5.74, 6) is 0.223. The Labute approximate surface area is 118 Å². The predicted molar refractivity (Wildman–Crippen MR) is 80.4 cm³/mol. The van der Waals surface area contributed by atoms with Crippen molar-refractivity contribution in [1.82, 2.24) is 10.2 Å². The summed E-state index contributed by atoms with van der Waals surface area (Å²) in [4.78, 5) is 15.3. The number of hydrogen-bond acceptors (Lipinski definition) is 4. The lowest BCUT2D eigenvalue weighted by Gasteiger charge is -2.29. The topological polar surface area (TPSA) is 58.4 Å². The molecule has 1 aromatic rings. The van der Waals surface area contributed by atoms with Crippen LogP contribution in [-0.4, -0.2) is 42.2 Å². The van der Waals surface area contributed by atoms with Crippen LogP contribution >= 0.6 is 11.8 Å². The minimum Gasteiger partial charge on any atom is -0.399 e. The summed E-state index contributed by atoms with van der Waals surface area (Å²) in [5, 5.41) is 3.20. The van der Waals surface area contributed by atoms with E-state index in [1.165, 1.54) is 0 Å². The van der Waals surface area contributed by atoms with Crippen LogP contribution in [0, 0.1) is 6.92 Å².